The monoisotopic (exact) mass is 256 g/mol. The van der Waals surface area contributed by atoms with Crippen LogP contribution in [0.5, 0.6) is 0 Å². The molecular weight excluding hydrogens is 236 g/mol. The van der Waals surface area contributed by atoms with Crippen LogP contribution in [0.25, 0.3) is 0 Å². The molecule has 0 heterocycles. The van der Waals surface area contributed by atoms with Crippen LogP contribution >= 0.6 is 0 Å². The van der Waals surface area contributed by atoms with Gasteiger partial charge in [0.2, 0.25) is 0 Å². The highest BCUT2D eigenvalue weighted by atomic mass is 15.1. The van der Waals surface area contributed by atoms with Crippen LogP contribution in [0.1, 0.15) is 0 Å². The zero-order valence-electron chi connectivity index (χ0n) is 11.3. The van der Waals surface area contributed by atoms with Gasteiger partial charge in [0.1, 0.15) is 0 Å². The topological polar surface area (TPSA) is 48.1 Å². The van der Waals surface area contributed by atoms with Crippen LogP contribution in [0.15, 0.2) is 48.5 Å². The minimum Gasteiger partial charge on any atom is -0.386 e. The molecule has 0 fully saturated rings. The molecule has 0 aliphatic rings. The zero-order chi connectivity index (χ0) is 13.5. The molecule has 100 valence electrons. The highest BCUT2D eigenvalue weighted by Gasteiger charge is 2.00. The molecular formula is C15H20N4. The standard InChI is InChI=1S/C15H20N4/c1-16-12-7-3-5-9-14(12)18-11-19-15-10-6-4-8-13(15)17-2/h3-10,16-19H,11H2,1-2H3. The molecule has 0 unspecified atom stereocenters. The summed E-state index contributed by atoms with van der Waals surface area (Å²) in [6.45, 7) is 0.664. The van der Waals surface area contributed by atoms with Crippen LogP contribution in [0.4, 0.5) is 22.7 Å². The van der Waals surface area contributed by atoms with E-state index in [2.05, 4.69) is 33.4 Å². The summed E-state index contributed by atoms with van der Waals surface area (Å²) in [7, 11) is 3.84. The molecule has 0 saturated carbocycles. The lowest BCUT2D eigenvalue weighted by molar-refractivity contribution is 1.21. The predicted octanol–water partition coefficient (Wildman–Crippen LogP) is 3.25. The molecule has 0 spiro atoms. The van der Waals surface area contributed by atoms with Gasteiger partial charge < -0.3 is 21.3 Å². The van der Waals surface area contributed by atoms with E-state index in [0.29, 0.717) is 6.67 Å². The summed E-state index contributed by atoms with van der Waals surface area (Å²) in [4.78, 5) is 0. The second-order valence-electron chi connectivity index (χ2n) is 4.12. The van der Waals surface area contributed by atoms with E-state index in [-0.39, 0.29) is 0 Å². The van der Waals surface area contributed by atoms with Crippen molar-refractivity contribution in [3.05, 3.63) is 48.5 Å². The van der Waals surface area contributed by atoms with Gasteiger partial charge in [0.05, 0.1) is 29.4 Å². The van der Waals surface area contributed by atoms with Crippen molar-refractivity contribution < 1.29 is 0 Å². The van der Waals surface area contributed by atoms with E-state index in [0.717, 1.165) is 22.7 Å². The fourth-order valence-electron chi connectivity index (χ4n) is 1.95. The van der Waals surface area contributed by atoms with Gasteiger partial charge in [0.15, 0.2) is 0 Å². The lowest BCUT2D eigenvalue weighted by Crippen LogP contribution is -2.13. The Morgan fingerprint density at radius 2 is 1.00 bits per heavy atom. The van der Waals surface area contributed by atoms with E-state index < -0.39 is 0 Å². The highest BCUT2D eigenvalue weighted by molar-refractivity contribution is 5.71. The van der Waals surface area contributed by atoms with Crippen LogP contribution < -0.4 is 21.3 Å². The maximum atomic E-state index is 3.36. The Labute approximate surface area is 114 Å². The first-order chi connectivity index (χ1) is 9.35. The molecule has 0 atom stereocenters. The van der Waals surface area contributed by atoms with Crippen molar-refractivity contribution >= 4 is 22.7 Å². The summed E-state index contributed by atoms with van der Waals surface area (Å²) in [6.07, 6.45) is 0. The number of anilines is 4. The van der Waals surface area contributed by atoms with Gasteiger partial charge in [0, 0.05) is 14.1 Å². The SMILES string of the molecule is CNc1ccccc1NCNc1ccccc1NC. The zero-order valence-corrected chi connectivity index (χ0v) is 11.3. The Balaban J connectivity index is 1.96. The fraction of sp³-hybridized carbons (Fsp3) is 0.200. The Hall–Kier alpha value is -2.36. The first-order valence-corrected chi connectivity index (χ1v) is 6.36. The van der Waals surface area contributed by atoms with Crippen LogP contribution in [0.2, 0.25) is 0 Å². The van der Waals surface area contributed by atoms with Crippen LogP contribution in [-0.2, 0) is 0 Å². The van der Waals surface area contributed by atoms with Crippen LogP contribution in [0.3, 0.4) is 0 Å². The third kappa shape index (κ3) is 3.31. The van der Waals surface area contributed by atoms with Crippen LogP contribution in [0, 0.1) is 0 Å². The van der Waals surface area contributed by atoms with E-state index in [9.17, 15) is 0 Å². The van der Waals surface area contributed by atoms with Gasteiger partial charge in [-0.2, -0.15) is 0 Å². The average Bonchev–Trinajstić information content (AvgIpc) is 2.48. The number of hydrogen-bond acceptors (Lipinski definition) is 4. The molecule has 2 rings (SSSR count). The Morgan fingerprint density at radius 1 is 0.632 bits per heavy atom. The molecule has 4 nitrogen and oxygen atoms in total. The summed E-state index contributed by atoms with van der Waals surface area (Å²) in [5.74, 6) is 0. The van der Waals surface area contributed by atoms with Gasteiger partial charge in [0.25, 0.3) is 0 Å². The molecule has 4 heteroatoms. The first kappa shape index (κ1) is 13.1. The predicted molar refractivity (Wildman–Crippen MR) is 84.1 cm³/mol. The molecule has 0 aliphatic heterocycles. The van der Waals surface area contributed by atoms with Crippen molar-refractivity contribution in [2.75, 3.05) is 42.0 Å². The molecule has 4 N–H and O–H groups in total. The maximum absolute atomic E-state index is 3.36. The third-order valence-electron chi connectivity index (χ3n) is 2.95. The van der Waals surface area contributed by atoms with Gasteiger partial charge in [-0.1, -0.05) is 24.3 Å². The highest BCUT2D eigenvalue weighted by Crippen LogP contribution is 2.22. The molecule has 0 saturated heterocycles. The summed E-state index contributed by atoms with van der Waals surface area (Å²) in [6, 6.07) is 16.3. The lowest BCUT2D eigenvalue weighted by Gasteiger charge is -2.15. The Morgan fingerprint density at radius 3 is 1.37 bits per heavy atom. The number of para-hydroxylation sites is 4. The molecule has 19 heavy (non-hydrogen) atoms. The average molecular weight is 256 g/mol. The molecule has 0 bridgehead atoms. The Bertz CT molecular complexity index is 478. The van der Waals surface area contributed by atoms with Crippen molar-refractivity contribution in [1.82, 2.24) is 0 Å². The number of benzene rings is 2. The maximum Gasteiger partial charge on any atom is 0.0850 e. The van der Waals surface area contributed by atoms with E-state index in [1.807, 2.05) is 50.5 Å². The Kier molecular flexibility index (Phi) is 4.50. The fourth-order valence-corrected chi connectivity index (χ4v) is 1.95. The van der Waals surface area contributed by atoms with Gasteiger partial charge in [-0.25, -0.2) is 0 Å². The minimum atomic E-state index is 0.664. The van der Waals surface area contributed by atoms with E-state index >= 15 is 0 Å². The molecule has 0 aliphatic carbocycles. The number of rotatable bonds is 6. The molecule has 0 aromatic heterocycles. The molecule has 0 amide bonds. The normalized spacial score (nSPS) is 9.79. The van der Waals surface area contributed by atoms with E-state index in [1.165, 1.54) is 0 Å². The second-order valence-corrected chi connectivity index (χ2v) is 4.12. The van der Waals surface area contributed by atoms with Crippen molar-refractivity contribution in [2.24, 2.45) is 0 Å². The van der Waals surface area contributed by atoms with E-state index in [1.54, 1.807) is 0 Å². The van der Waals surface area contributed by atoms with Crippen LogP contribution in [-0.4, -0.2) is 20.8 Å². The molecule has 2 aromatic rings. The van der Waals surface area contributed by atoms with Crippen molar-refractivity contribution in [3.63, 3.8) is 0 Å². The van der Waals surface area contributed by atoms with Gasteiger partial charge in [-0.15, -0.1) is 0 Å². The quantitative estimate of drug-likeness (QED) is 0.599. The van der Waals surface area contributed by atoms with Crippen molar-refractivity contribution in [2.45, 2.75) is 0 Å². The van der Waals surface area contributed by atoms with Gasteiger partial charge in [-0.3, -0.25) is 0 Å². The number of hydrogen-bond donors (Lipinski definition) is 4. The van der Waals surface area contributed by atoms with Crippen molar-refractivity contribution in [3.8, 4) is 0 Å². The summed E-state index contributed by atoms with van der Waals surface area (Å²) in [5.41, 5.74) is 4.34. The minimum absolute atomic E-state index is 0.664. The van der Waals surface area contributed by atoms with E-state index in [4.69, 9.17) is 0 Å². The summed E-state index contributed by atoms with van der Waals surface area (Å²) < 4.78 is 0. The smallest absolute Gasteiger partial charge is 0.0850 e. The largest absolute Gasteiger partial charge is 0.386 e. The lowest BCUT2D eigenvalue weighted by atomic mass is 10.2. The first-order valence-electron chi connectivity index (χ1n) is 6.36. The number of nitrogens with one attached hydrogen (secondary N) is 4. The van der Waals surface area contributed by atoms with Gasteiger partial charge >= 0.3 is 0 Å². The van der Waals surface area contributed by atoms with Crippen molar-refractivity contribution in [1.29, 1.82) is 0 Å². The summed E-state index contributed by atoms with van der Waals surface area (Å²) in [5, 5.41) is 13.1. The molecule has 0 radical (unpaired) electrons. The molecule has 2 aromatic carbocycles. The second kappa shape index (κ2) is 6.54. The summed E-state index contributed by atoms with van der Waals surface area (Å²) >= 11 is 0. The third-order valence-corrected chi connectivity index (χ3v) is 2.95. The van der Waals surface area contributed by atoms with Gasteiger partial charge in [-0.05, 0) is 24.3 Å².